The molecule has 2 N–H and O–H groups in total. The van der Waals surface area contributed by atoms with E-state index >= 15 is 0 Å². The highest BCUT2D eigenvalue weighted by molar-refractivity contribution is 5.94. The highest BCUT2D eigenvalue weighted by Crippen LogP contribution is 2.40. The molecule has 2 aromatic carbocycles. The average molecular weight is 462 g/mol. The molecule has 176 valence electrons. The molecule has 2 aromatic heterocycles. The van der Waals surface area contributed by atoms with E-state index in [0.717, 1.165) is 11.1 Å². The summed E-state index contributed by atoms with van der Waals surface area (Å²) in [6.45, 7) is 9.06. The third kappa shape index (κ3) is 3.77. The fourth-order valence-corrected chi connectivity index (χ4v) is 4.21. The lowest BCUT2D eigenvalue weighted by molar-refractivity contribution is -0.117. The Bertz CT molecular complexity index is 1440. The monoisotopic (exact) mass is 462 g/mol. The van der Waals surface area contributed by atoms with Crippen molar-refractivity contribution in [1.82, 2.24) is 0 Å². The predicted molar refractivity (Wildman–Crippen MR) is 129 cm³/mol. The Labute approximate surface area is 195 Å². The summed E-state index contributed by atoms with van der Waals surface area (Å²) in [5, 5.41) is 22.7. The van der Waals surface area contributed by atoms with Crippen LogP contribution in [0.1, 0.15) is 74.6 Å². The third-order valence-electron chi connectivity index (χ3n) is 6.19. The maximum Gasteiger partial charge on any atom is 0.344 e. The smallest absolute Gasteiger partial charge is 0.344 e. The first kappa shape index (κ1) is 23.3. The second-order valence-electron chi connectivity index (χ2n) is 9.17. The predicted octanol–water partition coefficient (Wildman–Crippen LogP) is 5.28. The van der Waals surface area contributed by atoms with Crippen LogP contribution in [0.2, 0.25) is 0 Å². The summed E-state index contributed by atoms with van der Waals surface area (Å²) < 4.78 is 10.8. The van der Waals surface area contributed by atoms with Crippen molar-refractivity contribution in [3.05, 3.63) is 79.5 Å². The van der Waals surface area contributed by atoms with Crippen LogP contribution in [-0.4, -0.2) is 16.0 Å². The summed E-state index contributed by atoms with van der Waals surface area (Å²) in [6.07, 6.45) is 0. The zero-order chi connectivity index (χ0) is 24.9. The number of aromatic hydroxyl groups is 2. The molecule has 0 saturated heterocycles. The molecule has 0 fully saturated rings. The van der Waals surface area contributed by atoms with Crippen LogP contribution in [0.25, 0.3) is 21.9 Å². The summed E-state index contributed by atoms with van der Waals surface area (Å²) in [5.41, 5.74) is -0.712. The van der Waals surface area contributed by atoms with Crippen LogP contribution in [0.5, 0.6) is 11.5 Å². The molecule has 0 atom stereocenters. The molecule has 7 heteroatoms. The van der Waals surface area contributed by atoms with E-state index in [1.165, 1.54) is 6.92 Å². The molecule has 0 amide bonds. The van der Waals surface area contributed by atoms with Gasteiger partial charge in [-0.15, -0.1) is 0 Å². The van der Waals surface area contributed by atoms with E-state index in [2.05, 4.69) is 0 Å². The molecule has 34 heavy (non-hydrogen) atoms. The van der Waals surface area contributed by atoms with Gasteiger partial charge in [-0.05, 0) is 54.2 Å². The standard InChI is InChI=1S/C27H26O7/c1-12(2)15-6-8-19-17(10-15)24(29)22(26(31)33-19)21(14(5)28)23-25(30)18-11-16(13(3)4)7-9-20(18)34-27(23)32/h6-13,21,29-30H,1-5H3. The summed E-state index contributed by atoms with van der Waals surface area (Å²) in [6, 6.07) is 10.1. The lowest BCUT2D eigenvalue weighted by Crippen LogP contribution is -2.25. The van der Waals surface area contributed by atoms with Crippen molar-refractivity contribution in [3.63, 3.8) is 0 Å². The van der Waals surface area contributed by atoms with Crippen LogP contribution in [0.4, 0.5) is 0 Å². The van der Waals surface area contributed by atoms with E-state index in [1.54, 1.807) is 36.4 Å². The van der Waals surface area contributed by atoms with Gasteiger partial charge in [-0.3, -0.25) is 4.79 Å². The van der Waals surface area contributed by atoms with Gasteiger partial charge in [0.05, 0.1) is 27.8 Å². The van der Waals surface area contributed by atoms with Gasteiger partial charge in [0.1, 0.15) is 28.4 Å². The Morgan fingerprint density at radius 2 is 1.12 bits per heavy atom. The molecule has 2 heterocycles. The maximum absolute atomic E-state index is 12.9. The molecule has 0 aliphatic carbocycles. The van der Waals surface area contributed by atoms with Gasteiger partial charge in [-0.2, -0.15) is 0 Å². The lowest BCUT2D eigenvalue weighted by atomic mass is 9.87. The van der Waals surface area contributed by atoms with Crippen LogP contribution in [0.3, 0.4) is 0 Å². The Hall–Kier alpha value is -3.87. The van der Waals surface area contributed by atoms with E-state index < -0.39 is 45.6 Å². The first-order valence-electron chi connectivity index (χ1n) is 11.1. The van der Waals surface area contributed by atoms with E-state index in [1.807, 2.05) is 27.7 Å². The first-order chi connectivity index (χ1) is 16.0. The minimum Gasteiger partial charge on any atom is -0.507 e. The first-order valence-corrected chi connectivity index (χ1v) is 11.1. The van der Waals surface area contributed by atoms with E-state index in [4.69, 9.17) is 8.83 Å². The molecule has 0 saturated carbocycles. The van der Waals surface area contributed by atoms with Gasteiger partial charge in [0.2, 0.25) is 0 Å². The normalized spacial score (nSPS) is 11.9. The third-order valence-corrected chi connectivity index (χ3v) is 6.19. The van der Waals surface area contributed by atoms with Gasteiger partial charge in [0.25, 0.3) is 0 Å². The molecule has 4 aromatic rings. The number of Topliss-reactive ketones (excluding diaryl/α,β-unsaturated/α-hetero) is 1. The van der Waals surface area contributed by atoms with Crippen LogP contribution < -0.4 is 11.3 Å². The Kier molecular flexibility index (Phi) is 5.81. The number of carbonyl (C=O) groups excluding carboxylic acids is 1. The number of fused-ring (bicyclic) bond motifs is 2. The van der Waals surface area contributed by atoms with Crippen LogP contribution in [0, 0.1) is 0 Å². The summed E-state index contributed by atoms with van der Waals surface area (Å²) in [4.78, 5) is 38.6. The van der Waals surface area contributed by atoms with Crippen molar-refractivity contribution in [2.24, 2.45) is 0 Å². The molecule has 0 radical (unpaired) electrons. The highest BCUT2D eigenvalue weighted by Gasteiger charge is 2.34. The number of carbonyl (C=O) groups is 1. The Morgan fingerprint density at radius 1 is 0.735 bits per heavy atom. The minimum absolute atomic E-state index is 0.134. The van der Waals surface area contributed by atoms with Crippen molar-refractivity contribution in [1.29, 1.82) is 0 Å². The fraction of sp³-hybridized carbons (Fsp3) is 0.296. The van der Waals surface area contributed by atoms with Crippen molar-refractivity contribution in [2.45, 2.75) is 52.4 Å². The van der Waals surface area contributed by atoms with Crippen molar-refractivity contribution in [2.75, 3.05) is 0 Å². The van der Waals surface area contributed by atoms with Crippen molar-refractivity contribution in [3.8, 4) is 11.5 Å². The van der Waals surface area contributed by atoms with Crippen molar-refractivity contribution >= 4 is 27.7 Å². The zero-order valence-corrected chi connectivity index (χ0v) is 19.6. The fourth-order valence-electron chi connectivity index (χ4n) is 4.21. The van der Waals surface area contributed by atoms with E-state index in [0.29, 0.717) is 0 Å². The molecular weight excluding hydrogens is 436 g/mol. The van der Waals surface area contributed by atoms with Crippen LogP contribution in [-0.2, 0) is 4.79 Å². The van der Waals surface area contributed by atoms with Gasteiger partial charge in [0, 0.05) is 0 Å². The average Bonchev–Trinajstić information content (AvgIpc) is 2.77. The summed E-state index contributed by atoms with van der Waals surface area (Å²) in [7, 11) is 0. The minimum atomic E-state index is -1.58. The molecule has 0 aliphatic rings. The second-order valence-corrected chi connectivity index (χ2v) is 9.17. The molecule has 0 aliphatic heterocycles. The molecule has 7 nitrogen and oxygen atoms in total. The van der Waals surface area contributed by atoms with Gasteiger partial charge < -0.3 is 19.0 Å². The number of benzene rings is 2. The van der Waals surface area contributed by atoms with E-state index in [9.17, 15) is 24.6 Å². The van der Waals surface area contributed by atoms with Crippen molar-refractivity contribution < 1.29 is 23.8 Å². The van der Waals surface area contributed by atoms with Gasteiger partial charge in [0.15, 0.2) is 0 Å². The topological polar surface area (TPSA) is 118 Å². The second kappa shape index (κ2) is 8.48. The largest absolute Gasteiger partial charge is 0.507 e. The molecule has 0 unspecified atom stereocenters. The quantitative estimate of drug-likeness (QED) is 0.388. The Balaban J connectivity index is 2.06. The van der Waals surface area contributed by atoms with Gasteiger partial charge >= 0.3 is 11.3 Å². The lowest BCUT2D eigenvalue weighted by Gasteiger charge is -2.17. The number of ketones is 1. The van der Waals surface area contributed by atoms with Crippen LogP contribution in [0.15, 0.2) is 54.8 Å². The maximum atomic E-state index is 12.9. The molecular formula is C27H26O7. The van der Waals surface area contributed by atoms with Gasteiger partial charge in [-0.1, -0.05) is 39.8 Å². The highest BCUT2D eigenvalue weighted by atomic mass is 16.4. The molecule has 0 spiro atoms. The number of hydrogen-bond donors (Lipinski definition) is 2. The zero-order valence-electron chi connectivity index (χ0n) is 19.6. The molecule has 4 rings (SSSR count). The van der Waals surface area contributed by atoms with E-state index in [-0.39, 0.29) is 33.8 Å². The Morgan fingerprint density at radius 3 is 1.44 bits per heavy atom. The number of rotatable bonds is 5. The van der Waals surface area contributed by atoms with Gasteiger partial charge in [-0.25, -0.2) is 9.59 Å². The summed E-state index contributed by atoms with van der Waals surface area (Å²) in [5.74, 6) is -2.88. The number of hydrogen-bond acceptors (Lipinski definition) is 7. The van der Waals surface area contributed by atoms with Crippen LogP contribution >= 0.6 is 0 Å². The summed E-state index contributed by atoms with van der Waals surface area (Å²) >= 11 is 0. The SMILES string of the molecule is CC(=O)C(c1c(O)c2cc(C(C)C)ccc2oc1=O)c1c(O)c2cc(C(C)C)ccc2oc1=O. The molecule has 0 bridgehead atoms.